The van der Waals surface area contributed by atoms with Crippen molar-refractivity contribution in [2.24, 2.45) is 0 Å². The van der Waals surface area contributed by atoms with Gasteiger partial charge in [0.25, 0.3) is 5.91 Å². The van der Waals surface area contributed by atoms with Crippen LogP contribution in [-0.4, -0.2) is 41.5 Å². The maximum absolute atomic E-state index is 12.9. The summed E-state index contributed by atoms with van der Waals surface area (Å²) in [5, 5.41) is 2.96. The summed E-state index contributed by atoms with van der Waals surface area (Å²) in [6.07, 6.45) is 0. The molecule has 1 aliphatic heterocycles. The van der Waals surface area contributed by atoms with Crippen molar-refractivity contribution in [1.82, 2.24) is 10.2 Å². The lowest BCUT2D eigenvalue weighted by molar-refractivity contribution is -0.124. The molecule has 0 aromatic heterocycles. The SMILES string of the molecule is COc1cc(CNC(=O)[C@@H]2CSCN2C(=O)c2ccccc2)ccc1OCc1ccccc1. The normalized spacial score (nSPS) is 15.2. The number of nitrogens with one attached hydrogen (secondary N) is 1. The van der Waals surface area contributed by atoms with Gasteiger partial charge in [0, 0.05) is 17.9 Å². The van der Waals surface area contributed by atoms with Crippen LogP contribution in [-0.2, 0) is 17.9 Å². The Bertz CT molecular complexity index is 1090. The van der Waals surface area contributed by atoms with Crippen molar-refractivity contribution in [3.8, 4) is 11.5 Å². The zero-order valence-corrected chi connectivity index (χ0v) is 19.2. The van der Waals surface area contributed by atoms with Crippen LogP contribution in [0, 0.1) is 0 Å². The van der Waals surface area contributed by atoms with Gasteiger partial charge in [-0.05, 0) is 35.4 Å². The quantitative estimate of drug-likeness (QED) is 0.546. The minimum atomic E-state index is -0.488. The molecule has 170 valence electrons. The van der Waals surface area contributed by atoms with Crippen molar-refractivity contribution in [3.05, 3.63) is 95.6 Å². The van der Waals surface area contributed by atoms with Crippen molar-refractivity contribution in [3.63, 3.8) is 0 Å². The van der Waals surface area contributed by atoms with E-state index in [4.69, 9.17) is 9.47 Å². The minimum Gasteiger partial charge on any atom is -0.493 e. The number of ether oxygens (including phenoxy) is 2. The van der Waals surface area contributed by atoms with Gasteiger partial charge in [-0.25, -0.2) is 0 Å². The Labute approximate surface area is 197 Å². The summed E-state index contributed by atoms with van der Waals surface area (Å²) in [6.45, 7) is 0.778. The predicted octanol–water partition coefficient (Wildman–Crippen LogP) is 4.11. The highest BCUT2D eigenvalue weighted by Gasteiger charge is 2.34. The Kier molecular flexibility index (Phi) is 7.52. The Morgan fingerprint density at radius 1 is 0.970 bits per heavy atom. The van der Waals surface area contributed by atoms with Gasteiger partial charge in [0.1, 0.15) is 12.6 Å². The van der Waals surface area contributed by atoms with Crippen molar-refractivity contribution in [1.29, 1.82) is 0 Å². The van der Waals surface area contributed by atoms with Gasteiger partial charge in [-0.1, -0.05) is 54.6 Å². The smallest absolute Gasteiger partial charge is 0.255 e. The first-order valence-electron chi connectivity index (χ1n) is 10.7. The molecule has 0 spiro atoms. The van der Waals surface area contributed by atoms with Gasteiger partial charge in [-0.3, -0.25) is 9.59 Å². The Morgan fingerprint density at radius 2 is 1.70 bits per heavy atom. The summed E-state index contributed by atoms with van der Waals surface area (Å²) in [4.78, 5) is 27.3. The van der Waals surface area contributed by atoms with E-state index in [-0.39, 0.29) is 11.8 Å². The fourth-order valence-corrected chi connectivity index (χ4v) is 4.74. The summed E-state index contributed by atoms with van der Waals surface area (Å²) in [7, 11) is 1.59. The number of hydrogen-bond acceptors (Lipinski definition) is 5. The number of amides is 2. The van der Waals surface area contributed by atoms with Crippen LogP contribution >= 0.6 is 11.8 Å². The molecule has 1 atom stereocenters. The maximum atomic E-state index is 12.9. The Morgan fingerprint density at radius 3 is 2.42 bits per heavy atom. The van der Waals surface area contributed by atoms with E-state index in [9.17, 15) is 9.59 Å². The summed E-state index contributed by atoms with van der Waals surface area (Å²) in [5.41, 5.74) is 2.55. The summed E-state index contributed by atoms with van der Waals surface area (Å²) in [5.74, 6) is 2.06. The van der Waals surface area contributed by atoms with E-state index >= 15 is 0 Å². The first kappa shape index (κ1) is 22.7. The van der Waals surface area contributed by atoms with E-state index < -0.39 is 6.04 Å². The first-order chi connectivity index (χ1) is 16.2. The van der Waals surface area contributed by atoms with Crippen LogP contribution in [0.5, 0.6) is 11.5 Å². The third kappa shape index (κ3) is 5.68. The van der Waals surface area contributed by atoms with E-state index in [1.807, 2.05) is 66.7 Å². The molecule has 7 heteroatoms. The summed E-state index contributed by atoms with van der Waals surface area (Å²) >= 11 is 1.58. The van der Waals surface area contributed by atoms with Crippen molar-refractivity contribution >= 4 is 23.6 Å². The number of carbonyl (C=O) groups excluding carboxylic acids is 2. The fourth-order valence-electron chi connectivity index (χ4n) is 3.59. The molecule has 1 N–H and O–H groups in total. The van der Waals surface area contributed by atoms with E-state index in [1.54, 1.807) is 35.9 Å². The molecule has 33 heavy (non-hydrogen) atoms. The van der Waals surface area contributed by atoms with Gasteiger partial charge < -0.3 is 19.7 Å². The molecule has 3 aromatic rings. The van der Waals surface area contributed by atoms with E-state index in [0.717, 1.165) is 11.1 Å². The number of nitrogens with zero attached hydrogens (tertiary/aromatic N) is 1. The molecule has 4 rings (SSSR count). The maximum Gasteiger partial charge on any atom is 0.255 e. The van der Waals surface area contributed by atoms with Gasteiger partial charge >= 0.3 is 0 Å². The summed E-state index contributed by atoms with van der Waals surface area (Å²) < 4.78 is 11.4. The highest BCUT2D eigenvalue weighted by molar-refractivity contribution is 7.99. The molecule has 0 aliphatic carbocycles. The van der Waals surface area contributed by atoms with Crippen LogP contribution in [0.2, 0.25) is 0 Å². The van der Waals surface area contributed by atoms with Crippen LogP contribution in [0.25, 0.3) is 0 Å². The molecule has 1 saturated heterocycles. The Hall–Kier alpha value is -3.45. The first-order valence-corrected chi connectivity index (χ1v) is 11.9. The molecule has 0 bridgehead atoms. The Balaban J connectivity index is 1.36. The predicted molar refractivity (Wildman–Crippen MR) is 129 cm³/mol. The lowest BCUT2D eigenvalue weighted by Gasteiger charge is -2.23. The second-order valence-corrected chi connectivity index (χ2v) is 8.63. The molecular formula is C26H26N2O4S. The molecule has 0 saturated carbocycles. The molecule has 2 amide bonds. The largest absolute Gasteiger partial charge is 0.493 e. The molecule has 6 nitrogen and oxygen atoms in total. The standard InChI is InChI=1S/C26H26N2O4S/c1-31-24-14-20(12-13-23(24)32-16-19-8-4-2-5-9-19)15-27-25(29)22-17-33-18-28(22)26(30)21-10-6-3-7-11-21/h2-14,22H,15-18H2,1H3,(H,27,29)/t22-/m0/s1. The highest BCUT2D eigenvalue weighted by atomic mass is 32.2. The van der Waals surface area contributed by atoms with Gasteiger partial charge in [0.2, 0.25) is 5.91 Å². The molecule has 1 heterocycles. The number of benzene rings is 3. The number of carbonyl (C=O) groups is 2. The number of rotatable bonds is 8. The van der Waals surface area contributed by atoms with Crippen molar-refractivity contribution in [2.45, 2.75) is 19.2 Å². The van der Waals surface area contributed by atoms with Gasteiger partial charge in [0.15, 0.2) is 11.5 Å². The highest BCUT2D eigenvalue weighted by Crippen LogP contribution is 2.29. The van der Waals surface area contributed by atoms with Gasteiger partial charge in [-0.15, -0.1) is 11.8 Å². The number of hydrogen-bond donors (Lipinski definition) is 1. The van der Waals surface area contributed by atoms with E-state index in [0.29, 0.717) is 41.8 Å². The third-order valence-electron chi connectivity index (χ3n) is 5.40. The fraction of sp³-hybridized carbons (Fsp3) is 0.231. The average Bonchev–Trinajstić information content (AvgIpc) is 3.37. The van der Waals surface area contributed by atoms with E-state index in [2.05, 4.69) is 5.32 Å². The number of thioether (sulfide) groups is 1. The van der Waals surface area contributed by atoms with Crippen LogP contribution in [0.4, 0.5) is 0 Å². The lowest BCUT2D eigenvalue weighted by atomic mass is 10.1. The summed E-state index contributed by atoms with van der Waals surface area (Å²) in [6, 6.07) is 24.1. The molecular weight excluding hydrogens is 436 g/mol. The zero-order valence-electron chi connectivity index (χ0n) is 18.4. The number of methoxy groups -OCH3 is 1. The second kappa shape index (κ2) is 10.9. The molecule has 1 fully saturated rings. The second-order valence-electron chi connectivity index (χ2n) is 7.63. The van der Waals surface area contributed by atoms with Crippen molar-refractivity contribution < 1.29 is 19.1 Å². The molecule has 0 radical (unpaired) electrons. The molecule has 0 unspecified atom stereocenters. The van der Waals surface area contributed by atoms with Crippen LogP contribution in [0.1, 0.15) is 21.5 Å². The monoisotopic (exact) mass is 462 g/mol. The average molecular weight is 463 g/mol. The molecule has 1 aliphatic rings. The lowest BCUT2D eigenvalue weighted by Crippen LogP contribution is -2.47. The molecule has 3 aromatic carbocycles. The van der Waals surface area contributed by atoms with Gasteiger partial charge in [0.05, 0.1) is 13.0 Å². The van der Waals surface area contributed by atoms with Gasteiger partial charge in [-0.2, -0.15) is 0 Å². The van der Waals surface area contributed by atoms with Crippen LogP contribution in [0.15, 0.2) is 78.9 Å². The topological polar surface area (TPSA) is 67.9 Å². The minimum absolute atomic E-state index is 0.123. The van der Waals surface area contributed by atoms with E-state index in [1.165, 1.54) is 0 Å². The van der Waals surface area contributed by atoms with Crippen molar-refractivity contribution in [2.75, 3.05) is 18.7 Å². The van der Waals surface area contributed by atoms with Crippen LogP contribution in [0.3, 0.4) is 0 Å². The third-order valence-corrected chi connectivity index (χ3v) is 6.41. The zero-order chi connectivity index (χ0) is 23.0. The van der Waals surface area contributed by atoms with Crippen LogP contribution < -0.4 is 14.8 Å².